The number of aliphatic hydroxyl groups excluding tert-OH is 1. The van der Waals surface area contributed by atoms with Crippen LogP contribution in [0.4, 0.5) is 0 Å². The molecule has 5 heteroatoms. The second-order valence-corrected chi connectivity index (χ2v) is 7.01. The summed E-state index contributed by atoms with van der Waals surface area (Å²) >= 11 is 6.78. The van der Waals surface area contributed by atoms with E-state index in [1.54, 1.807) is 29.8 Å². The second kappa shape index (κ2) is 5.25. The van der Waals surface area contributed by atoms with Gasteiger partial charge in [-0.2, -0.15) is 0 Å². The van der Waals surface area contributed by atoms with E-state index in [1.165, 1.54) is 9.40 Å². The molecule has 2 nitrogen and oxygen atoms in total. The highest BCUT2D eigenvalue weighted by molar-refractivity contribution is 9.10. The molecule has 0 saturated carbocycles. The number of rotatable bonds is 3. The summed E-state index contributed by atoms with van der Waals surface area (Å²) in [4.78, 5) is 0.971. The first kappa shape index (κ1) is 13.1. The number of aliphatic hydroxyl groups is 1. The number of hydrogen-bond acceptors (Lipinski definition) is 4. The van der Waals surface area contributed by atoms with Crippen LogP contribution in [0.5, 0.6) is 5.75 Å². The fourth-order valence-electron chi connectivity index (χ4n) is 1.94. The van der Waals surface area contributed by atoms with E-state index in [1.807, 2.05) is 18.2 Å². The van der Waals surface area contributed by atoms with Crippen LogP contribution in [0.1, 0.15) is 16.5 Å². The first-order valence-electron chi connectivity index (χ1n) is 5.67. The van der Waals surface area contributed by atoms with Crippen LogP contribution in [0.25, 0.3) is 9.40 Å². The van der Waals surface area contributed by atoms with E-state index >= 15 is 0 Å². The van der Waals surface area contributed by atoms with Gasteiger partial charge in [0.2, 0.25) is 0 Å². The molecule has 0 bridgehead atoms. The Balaban J connectivity index is 1.96. The summed E-state index contributed by atoms with van der Waals surface area (Å²) < 4.78 is 8.51. The summed E-state index contributed by atoms with van der Waals surface area (Å²) in [5.74, 6) is 0.767. The number of fused-ring (bicyclic) bond motifs is 1. The molecule has 98 valence electrons. The van der Waals surface area contributed by atoms with Crippen molar-refractivity contribution in [2.75, 3.05) is 7.11 Å². The normalized spacial score (nSPS) is 12.8. The van der Waals surface area contributed by atoms with Crippen molar-refractivity contribution in [1.82, 2.24) is 0 Å². The van der Waals surface area contributed by atoms with Gasteiger partial charge < -0.3 is 9.84 Å². The Morgan fingerprint density at radius 3 is 2.74 bits per heavy atom. The van der Waals surface area contributed by atoms with Crippen molar-refractivity contribution in [3.8, 4) is 5.75 Å². The van der Waals surface area contributed by atoms with E-state index in [-0.39, 0.29) is 0 Å². The Hall–Kier alpha value is -0.880. The molecule has 0 aliphatic rings. The molecule has 0 amide bonds. The van der Waals surface area contributed by atoms with Crippen LogP contribution in [0.15, 0.2) is 40.2 Å². The quantitative estimate of drug-likeness (QED) is 0.730. The van der Waals surface area contributed by atoms with Gasteiger partial charge in [-0.1, -0.05) is 6.07 Å². The van der Waals surface area contributed by atoms with Crippen LogP contribution in [0.2, 0.25) is 0 Å². The van der Waals surface area contributed by atoms with Crippen LogP contribution < -0.4 is 4.74 Å². The molecule has 1 atom stereocenters. The Labute approximate surface area is 127 Å². The predicted molar refractivity (Wildman–Crippen MR) is 84.5 cm³/mol. The van der Waals surface area contributed by atoms with Gasteiger partial charge in [0.1, 0.15) is 11.9 Å². The summed E-state index contributed by atoms with van der Waals surface area (Å²) in [5, 5.41) is 12.5. The number of ether oxygens (including phenoxy) is 1. The van der Waals surface area contributed by atoms with Crippen LogP contribution in [0, 0.1) is 0 Å². The van der Waals surface area contributed by atoms with Crippen molar-refractivity contribution in [2.45, 2.75) is 6.10 Å². The minimum atomic E-state index is -0.591. The van der Waals surface area contributed by atoms with Crippen molar-refractivity contribution in [1.29, 1.82) is 0 Å². The first-order chi connectivity index (χ1) is 9.19. The molecule has 1 N–H and O–H groups in total. The molecule has 1 aromatic carbocycles. The Morgan fingerprint density at radius 2 is 2.05 bits per heavy atom. The van der Waals surface area contributed by atoms with Crippen molar-refractivity contribution in [3.05, 3.63) is 50.6 Å². The fourth-order valence-corrected chi connectivity index (χ4v) is 4.63. The van der Waals surface area contributed by atoms with Crippen molar-refractivity contribution in [3.63, 3.8) is 0 Å². The summed E-state index contributed by atoms with van der Waals surface area (Å²) in [5.41, 5.74) is 0.863. The second-order valence-electron chi connectivity index (χ2n) is 4.09. The largest absolute Gasteiger partial charge is 0.496 e. The highest BCUT2D eigenvalue weighted by Gasteiger charge is 2.15. The van der Waals surface area contributed by atoms with Crippen molar-refractivity contribution < 1.29 is 9.84 Å². The third-order valence-electron chi connectivity index (χ3n) is 2.92. The fraction of sp³-hybridized carbons (Fsp3) is 0.143. The van der Waals surface area contributed by atoms with Crippen molar-refractivity contribution >= 4 is 48.0 Å². The smallest absolute Gasteiger partial charge is 0.133 e. The Bertz CT molecular complexity index is 689. The maximum absolute atomic E-state index is 10.5. The minimum absolute atomic E-state index is 0.591. The molecular weight excluding hydrogens is 344 g/mol. The van der Waals surface area contributed by atoms with Crippen molar-refractivity contribution in [2.24, 2.45) is 0 Å². The van der Waals surface area contributed by atoms with Crippen LogP contribution in [0.3, 0.4) is 0 Å². The maximum atomic E-state index is 10.5. The summed E-state index contributed by atoms with van der Waals surface area (Å²) in [6.45, 7) is 0. The van der Waals surface area contributed by atoms with Gasteiger partial charge in [-0.25, -0.2) is 0 Å². The van der Waals surface area contributed by atoms with Crippen LogP contribution >= 0.6 is 38.6 Å². The summed E-state index contributed by atoms with van der Waals surface area (Å²) in [7, 11) is 1.63. The molecule has 0 fully saturated rings. The SMILES string of the molecule is COc1ccc(C(O)c2cc3sccc3s2)cc1Br. The van der Waals surface area contributed by atoms with E-state index in [4.69, 9.17) is 4.74 Å². The van der Waals surface area contributed by atoms with Gasteiger partial charge >= 0.3 is 0 Å². The molecule has 3 aromatic rings. The van der Waals surface area contributed by atoms with E-state index in [9.17, 15) is 5.11 Å². The van der Waals surface area contributed by atoms with E-state index in [0.717, 1.165) is 20.7 Å². The number of halogens is 1. The zero-order chi connectivity index (χ0) is 13.4. The first-order valence-corrected chi connectivity index (χ1v) is 8.16. The molecule has 2 aromatic heterocycles. The highest BCUT2D eigenvalue weighted by atomic mass is 79.9. The standard InChI is InChI=1S/C14H11BrO2S2/c1-17-10-3-2-8(6-9(10)15)14(16)13-7-12-11(19-13)4-5-18-12/h2-7,14,16H,1H3. The number of thiophene rings is 2. The molecule has 0 aliphatic carbocycles. The van der Waals surface area contributed by atoms with Gasteiger partial charge in [0, 0.05) is 14.3 Å². The number of benzene rings is 1. The molecule has 0 aliphatic heterocycles. The Kier molecular flexibility index (Phi) is 3.62. The van der Waals surface area contributed by atoms with Crippen LogP contribution in [-0.2, 0) is 0 Å². The molecule has 19 heavy (non-hydrogen) atoms. The molecule has 1 unspecified atom stereocenters. The number of methoxy groups -OCH3 is 1. The average molecular weight is 355 g/mol. The maximum Gasteiger partial charge on any atom is 0.133 e. The third-order valence-corrected chi connectivity index (χ3v) is 5.69. The molecule has 0 radical (unpaired) electrons. The lowest BCUT2D eigenvalue weighted by Crippen LogP contribution is -1.97. The topological polar surface area (TPSA) is 29.5 Å². The monoisotopic (exact) mass is 354 g/mol. The molecule has 2 heterocycles. The molecule has 0 spiro atoms. The highest BCUT2D eigenvalue weighted by Crippen LogP contribution is 2.37. The van der Waals surface area contributed by atoms with Crippen LogP contribution in [-0.4, -0.2) is 12.2 Å². The van der Waals surface area contributed by atoms with Gasteiger partial charge in [-0.15, -0.1) is 22.7 Å². The number of hydrogen-bond donors (Lipinski definition) is 1. The van der Waals surface area contributed by atoms with E-state index < -0.39 is 6.10 Å². The zero-order valence-electron chi connectivity index (χ0n) is 10.1. The lowest BCUT2D eigenvalue weighted by molar-refractivity contribution is 0.224. The molecular formula is C14H11BrO2S2. The van der Waals surface area contributed by atoms with Gasteiger partial charge in [0.25, 0.3) is 0 Å². The lowest BCUT2D eigenvalue weighted by Gasteiger charge is -2.11. The molecule has 0 saturated heterocycles. The average Bonchev–Trinajstić information content (AvgIpc) is 2.98. The van der Waals surface area contributed by atoms with Gasteiger partial charge in [-0.3, -0.25) is 0 Å². The lowest BCUT2D eigenvalue weighted by atomic mass is 10.1. The summed E-state index contributed by atoms with van der Waals surface area (Å²) in [6.07, 6.45) is -0.591. The van der Waals surface area contributed by atoms with E-state index in [0.29, 0.717) is 0 Å². The molecule has 3 rings (SSSR count). The zero-order valence-corrected chi connectivity index (χ0v) is 13.3. The van der Waals surface area contributed by atoms with E-state index in [2.05, 4.69) is 33.4 Å². The minimum Gasteiger partial charge on any atom is -0.496 e. The van der Waals surface area contributed by atoms with Gasteiger partial charge in [0.15, 0.2) is 0 Å². The predicted octanol–water partition coefficient (Wildman–Crippen LogP) is 4.82. The van der Waals surface area contributed by atoms with Gasteiger partial charge in [-0.05, 0) is 51.1 Å². The Morgan fingerprint density at radius 1 is 1.21 bits per heavy atom. The summed E-state index contributed by atoms with van der Waals surface area (Å²) in [6, 6.07) is 9.80. The third kappa shape index (κ3) is 2.43. The van der Waals surface area contributed by atoms with Gasteiger partial charge in [0.05, 0.1) is 11.6 Å².